The lowest BCUT2D eigenvalue weighted by molar-refractivity contribution is -0.124. The standard InChI is InChI=1S/C16H18N2O2/c1-12(16(20)18-10-17-11-19)9-14-7-4-6-13-5-2-3-8-15(13)14/h2-8,11-12H,9-10H2,1H3,(H,17,19)(H,18,20)/t12-/m1/s1. The zero-order valence-electron chi connectivity index (χ0n) is 11.4. The van der Waals surface area contributed by atoms with E-state index in [1.165, 1.54) is 10.8 Å². The second-order valence-corrected chi connectivity index (χ2v) is 4.78. The smallest absolute Gasteiger partial charge is 0.224 e. The molecule has 0 unspecified atom stereocenters. The third-order valence-corrected chi connectivity index (χ3v) is 3.30. The fraction of sp³-hybridized carbons (Fsp3) is 0.250. The Labute approximate surface area is 118 Å². The molecule has 0 saturated heterocycles. The SMILES string of the molecule is C[C@H](Cc1cccc2ccccc12)C(=O)NCNC=O. The number of amides is 2. The van der Waals surface area contributed by atoms with E-state index in [0.717, 1.165) is 5.56 Å². The summed E-state index contributed by atoms with van der Waals surface area (Å²) in [5.74, 6) is -0.207. The first kappa shape index (κ1) is 14.1. The van der Waals surface area contributed by atoms with Crippen LogP contribution in [0.5, 0.6) is 0 Å². The molecule has 0 aromatic heterocycles. The number of carbonyl (C=O) groups excluding carboxylic acids is 2. The third kappa shape index (κ3) is 3.35. The molecule has 4 nitrogen and oxygen atoms in total. The van der Waals surface area contributed by atoms with Crippen molar-refractivity contribution in [3.05, 3.63) is 48.0 Å². The first-order valence-electron chi connectivity index (χ1n) is 6.63. The van der Waals surface area contributed by atoms with Crippen LogP contribution in [0, 0.1) is 5.92 Å². The van der Waals surface area contributed by atoms with E-state index in [0.29, 0.717) is 12.8 Å². The van der Waals surface area contributed by atoms with Gasteiger partial charge in [-0.05, 0) is 22.8 Å². The summed E-state index contributed by atoms with van der Waals surface area (Å²) >= 11 is 0. The monoisotopic (exact) mass is 270 g/mol. The maximum absolute atomic E-state index is 11.9. The van der Waals surface area contributed by atoms with Gasteiger partial charge in [-0.25, -0.2) is 0 Å². The number of fused-ring (bicyclic) bond motifs is 1. The van der Waals surface area contributed by atoms with Gasteiger partial charge in [0, 0.05) is 5.92 Å². The molecule has 2 aromatic carbocycles. The highest BCUT2D eigenvalue weighted by atomic mass is 16.2. The summed E-state index contributed by atoms with van der Waals surface area (Å²) in [5.41, 5.74) is 1.16. The molecule has 2 rings (SSSR count). The van der Waals surface area contributed by atoms with Gasteiger partial charge in [-0.3, -0.25) is 9.59 Å². The molecule has 0 spiro atoms. The van der Waals surface area contributed by atoms with Crippen molar-refractivity contribution in [2.24, 2.45) is 5.92 Å². The number of hydrogen-bond acceptors (Lipinski definition) is 2. The van der Waals surface area contributed by atoms with Crippen LogP contribution in [-0.4, -0.2) is 19.0 Å². The molecule has 0 radical (unpaired) electrons. The molecule has 0 saturated carbocycles. The summed E-state index contributed by atoms with van der Waals surface area (Å²) in [6.07, 6.45) is 1.24. The first-order valence-corrected chi connectivity index (χ1v) is 6.63. The first-order chi connectivity index (χ1) is 9.72. The van der Waals surface area contributed by atoms with Crippen LogP contribution in [0.15, 0.2) is 42.5 Å². The summed E-state index contributed by atoms with van der Waals surface area (Å²) in [6.45, 7) is 2.06. The van der Waals surface area contributed by atoms with Crippen molar-refractivity contribution in [2.75, 3.05) is 6.67 Å². The average Bonchev–Trinajstić information content (AvgIpc) is 2.47. The van der Waals surface area contributed by atoms with Gasteiger partial charge in [0.05, 0.1) is 6.67 Å². The Morgan fingerprint density at radius 1 is 1.20 bits per heavy atom. The van der Waals surface area contributed by atoms with E-state index in [9.17, 15) is 9.59 Å². The van der Waals surface area contributed by atoms with Crippen LogP contribution >= 0.6 is 0 Å². The van der Waals surface area contributed by atoms with Crippen molar-refractivity contribution in [3.8, 4) is 0 Å². The molecule has 20 heavy (non-hydrogen) atoms. The average molecular weight is 270 g/mol. The number of nitrogens with one attached hydrogen (secondary N) is 2. The molecule has 2 amide bonds. The van der Waals surface area contributed by atoms with E-state index < -0.39 is 0 Å². The fourth-order valence-electron chi connectivity index (χ4n) is 2.25. The highest BCUT2D eigenvalue weighted by molar-refractivity contribution is 5.86. The van der Waals surface area contributed by atoms with Crippen molar-refractivity contribution >= 4 is 23.1 Å². The van der Waals surface area contributed by atoms with Gasteiger partial charge < -0.3 is 10.6 Å². The number of hydrogen-bond donors (Lipinski definition) is 2. The Morgan fingerprint density at radius 3 is 2.75 bits per heavy atom. The highest BCUT2D eigenvalue weighted by Gasteiger charge is 2.14. The van der Waals surface area contributed by atoms with Crippen molar-refractivity contribution in [1.82, 2.24) is 10.6 Å². The minimum atomic E-state index is -0.144. The largest absolute Gasteiger partial charge is 0.341 e. The van der Waals surface area contributed by atoms with Crippen LogP contribution in [0.2, 0.25) is 0 Å². The lowest BCUT2D eigenvalue weighted by atomic mass is 9.95. The van der Waals surface area contributed by atoms with Crippen LogP contribution in [-0.2, 0) is 16.0 Å². The van der Waals surface area contributed by atoms with Crippen LogP contribution in [0.3, 0.4) is 0 Å². The normalized spacial score (nSPS) is 11.8. The van der Waals surface area contributed by atoms with Crippen molar-refractivity contribution < 1.29 is 9.59 Å². The van der Waals surface area contributed by atoms with E-state index in [1.54, 1.807) is 0 Å². The van der Waals surface area contributed by atoms with Crippen molar-refractivity contribution in [1.29, 1.82) is 0 Å². The molecule has 4 heteroatoms. The molecule has 0 aliphatic rings. The number of benzene rings is 2. The van der Waals surface area contributed by atoms with E-state index in [2.05, 4.69) is 34.9 Å². The summed E-state index contributed by atoms with van der Waals surface area (Å²) in [7, 11) is 0. The molecular weight excluding hydrogens is 252 g/mol. The molecule has 0 heterocycles. The number of carbonyl (C=O) groups is 2. The molecule has 0 fully saturated rings. The van der Waals surface area contributed by atoms with E-state index >= 15 is 0 Å². The Balaban J connectivity index is 2.07. The van der Waals surface area contributed by atoms with Crippen molar-refractivity contribution in [2.45, 2.75) is 13.3 Å². The van der Waals surface area contributed by atoms with E-state index in [-0.39, 0.29) is 18.5 Å². The predicted molar refractivity (Wildman–Crippen MR) is 79.0 cm³/mol. The summed E-state index contributed by atoms with van der Waals surface area (Å²) in [5, 5.41) is 7.45. The van der Waals surface area contributed by atoms with Crippen molar-refractivity contribution in [3.63, 3.8) is 0 Å². The minimum absolute atomic E-state index is 0.0627. The Hall–Kier alpha value is -2.36. The number of rotatable bonds is 6. The highest BCUT2D eigenvalue weighted by Crippen LogP contribution is 2.21. The van der Waals surface area contributed by atoms with Gasteiger partial charge in [0.15, 0.2) is 0 Å². The molecule has 2 N–H and O–H groups in total. The van der Waals surface area contributed by atoms with Crippen LogP contribution < -0.4 is 10.6 Å². The Bertz CT molecular complexity index is 605. The Morgan fingerprint density at radius 2 is 1.95 bits per heavy atom. The molecule has 2 aromatic rings. The fourth-order valence-corrected chi connectivity index (χ4v) is 2.25. The van der Waals surface area contributed by atoms with Gasteiger partial charge in [0.1, 0.15) is 0 Å². The van der Waals surface area contributed by atoms with E-state index in [1.807, 2.05) is 25.1 Å². The predicted octanol–water partition coefficient (Wildman–Crippen LogP) is 1.84. The molecule has 0 aliphatic carbocycles. The van der Waals surface area contributed by atoms with Crippen LogP contribution in [0.1, 0.15) is 12.5 Å². The topological polar surface area (TPSA) is 58.2 Å². The molecule has 1 atom stereocenters. The van der Waals surface area contributed by atoms with E-state index in [4.69, 9.17) is 0 Å². The van der Waals surface area contributed by atoms with Gasteiger partial charge in [-0.15, -0.1) is 0 Å². The van der Waals surface area contributed by atoms with Gasteiger partial charge >= 0.3 is 0 Å². The second kappa shape index (κ2) is 6.70. The minimum Gasteiger partial charge on any atom is -0.341 e. The third-order valence-electron chi connectivity index (χ3n) is 3.30. The lowest BCUT2D eigenvalue weighted by Gasteiger charge is -2.13. The molecule has 104 valence electrons. The van der Waals surface area contributed by atoms with Gasteiger partial charge in [0.2, 0.25) is 12.3 Å². The second-order valence-electron chi connectivity index (χ2n) is 4.78. The van der Waals surface area contributed by atoms with Crippen LogP contribution in [0.25, 0.3) is 10.8 Å². The van der Waals surface area contributed by atoms with Crippen LogP contribution in [0.4, 0.5) is 0 Å². The maximum atomic E-state index is 11.9. The molecular formula is C16H18N2O2. The van der Waals surface area contributed by atoms with Gasteiger partial charge in [-0.2, -0.15) is 0 Å². The molecule has 0 aliphatic heterocycles. The summed E-state index contributed by atoms with van der Waals surface area (Å²) in [4.78, 5) is 22.0. The molecule has 0 bridgehead atoms. The zero-order chi connectivity index (χ0) is 14.4. The zero-order valence-corrected chi connectivity index (χ0v) is 11.4. The van der Waals surface area contributed by atoms with Gasteiger partial charge in [-0.1, -0.05) is 49.4 Å². The maximum Gasteiger partial charge on any atom is 0.224 e. The van der Waals surface area contributed by atoms with Gasteiger partial charge in [0.25, 0.3) is 0 Å². The summed E-state index contributed by atoms with van der Waals surface area (Å²) < 4.78 is 0. The Kier molecular flexibility index (Phi) is 4.71. The lowest BCUT2D eigenvalue weighted by Crippen LogP contribution is -2.37. The quantitative estimate of drug-likeness (QED) is 0.478. The summed E-state index contributed by atoms with van der Waals surface area (Å²) in [6, 6.07) is 14.3.